The van der Waals surface area contributed by atoms with Crippen LogP contribution >= 0.6 is 0 Å². The molecule has 0 bridgehead atoms. The number of aliphatic hydroxyl groups is 1. The van der Waals surface area contributed by atoms with Crippen molar-refractivity contribution >= 4 is 21.8 Å². The summed E-state index contributed by atoms with van der Waals surface area (Å²) in [5.74, 6) is 0. The highest BCUT2D eigenvalue weighted by Crippen LogP contribution is 2.26. The molecule has 0 aromatic carbocycles. The lowest BCUT2D eigenvalue weighted by molar-refractivity contribution is 0.274. The third kappa shape index (κ3) is 2.94. The van der Waals surface area contributed by atoms with Crippen molar-refractivity contribution in [1.82, 2.24) is 14.1 Å². The highest BCUT2D eigenvalue weighted by molar-refractivity contribution is 5.91. The van der Waals surface area contributed by atoms with Gasteiger partial charge in [0.05, 0.1) is 28.4 Å². The largest absolute Gasteiger partial charge is 0.395 e. The number of pyridine rings is 3. The lowest BCUT2D eigenvalue weighted by atomic mass is 10.1. The first-order valence-electron chi connectivity index (χ1n) is 9.35. The predicted molar refractivity (Wildman–Crippen MR) is 102 cm³/mol. The summed E-state index contributed by atoms with van der Waals surface area (Å²) >= 11 is 0. The van der Waals surface area contributed by atoms with Crippen LogP contribution in [0.3, 0.4) is 0 Å². The van der Waals surface area contributed by atoms with Gasteiger partial charge in [-0.15, -0.1) is 0 Å². The molecule has 3 heterocycles. The van der Waals surface area contributed by atoms with Gasteiger partial charge in [-0.2, -0.15) is 0 Å². The molecular formula is C20H23N3O3. The highest BCUT2D eigenvalue weighted by atomic mass is 16.3. The molecule has 26 heavy (non-hydrogen) atoms. The summed E-state index contributed by atoms with van der Waals surface area (Å²) in [6, 6.07) is 5.53. The van der Waals surface area contributed by atoms with Gasteiger partial charge in [-0.05, 0) is 31.0 Å². The SMILES string of the molecule is O=c1c2cc3c(=O)n(C4CCCCCC4)ccc3nc2ccn1CCO. The average Bonchev–Trinajstić information content (AvgIpc) is 2.93. The molecular weight excluding hydrogens is 330 g/mol. The van der Waals surface area contributed by atoms with Gasteiger partial charge in [-0.25, -0.2) is 4.98 Å². The molecule has 3 aromatic rings. The fourth-order valence-electron chi connectivity index (χ4n) is 3.99. The van der Waals surface area contributed by atoms with Crippen molar-refractivity contribution in [3.8, 4) is 0 Å². The molecule has 0 aliphatic heterocycles. The lowest BCUT2D eigenvalue weighted by Gasteiger charge is -2.18. The Balaban J connectivity index is 1.89. The molecule has 0 amide bonds. The molecule has 0 unspecified atom stereocenters. The molecule has 6 nitrogen and oxygen atoms in total. The maximum atomic E-state index is 13.1. The van der Waals surface area contributed by atoms with Crippen LogP contribution in [0, 0.1) is 0 Å². The zero-order chi connectivity index (χ0) is 18.1. The Morgan fingerprint density at radius 3 is 2.31 bits per heavy atom. The van der Waals surface area contributed by atoms with Crippen molar-refractivity contribution < 1.29 is 5.11 Å². The standard InChI is InChI=1S/C20H23N3O3/c24-12-11-22-9-7-17-15(19(22)25)13-16-18(21-17)8-10-23(20(16)26)14-5-3-1-2-4-6-14/h7-10,13-14,24H,1-6,11-12H2. The molecule has 1 N–H and O–H groups in total. The van der Waals surface area contributed by atoms with E-state index in [-0.39, 0.29) is 30.3 Å². The van der Waals surface area contributed by atoms with Gasteiger partial charge in [0.25, 0.3) is 11.1 Å². The molecule has 0 saturated heterocycles. The van der Waals surface area contributed by atoms with Crippen molar-refractivity contribution in [3.63, 3.8) is 0 Å². The lowest BCUT2D eigenvalue weighted by Crippen LogP contribution is -2.25. The summed E-state index contributed by atoms with van der Waals surface area (Å²) < 4.78 is 3.28. The topological polar surface area (TPSA) is 77.1 Å². The summed E-state index contributed by atoms with van der Waals surface area (Å²) in [4.78, 5) is 30.2. The average molecular weight is 353 g/mol. The van der Waals surface area contributed by atoms with E-state index in [1.807, 2.05) is 16.8 Å². The van der Waals surface area contributed by atoms with E-state index in [0.717, 1.165) is 25.7 Å². The van der Waals surface area contributed by atoms with E-state index in [0.29, 0.717) is 21.8 Å². The first-order chi connectivity index (χ1) is 12.7. The van der Waals surface area contributed by atoms with Crippen LogP contribution in [0.5, 0.6) is 0 Å². The molecule has 0 radical (unpaired) electrons. The van der Waals surface area contributed by atoms with Crippen LogP contribution in [0.2, 0.25) is 0 Å². The maximum Gasteiger partial charge on any atom is 0.260 e. The summed E-state index contributed by atoms with van der Waals surface area (Å²) in [6.07, 6.45) is 10.3. The maximum absolute atomic E-state index is 13.1. The van der Waals surface area contributed by atoms with Crippen LogP contribution in [0.4, 0.5) is 0 Å². The van der Waals surface area contributed by atoms with Crippen molar-refractivity contribution in [1.29, 1.82) is 0 Å². The summed E-state index contributed by atoms with van der Waals surface area (Å²) in [5.41, 5.74) is 0.894. The predicted octanol–water partition coefficient (Wildman–Crippen LogP) is 2.60. The van der Waals surface area contributed by atoms with E-state index in [1.165, 1.54) is 17.4 Å². The molecule has 136 valence electrons. The number of aromatic nitrogens is 3. The molecule has 0 atom stereocenters. The van der Waals surface area contributed by atoms with E-state index < -0.39 is 0 Å². The van der Waals surface area contributed by atoms with Gasteiger partial charge in [0.1, 0.15) is 0 Å². The Kier molecular flexibility index (Phi) is 4.59. The molecule has 1 aliphatic rings. The molecule has 1 fully saturated rings. The van der Waals surface area contributed by atoms with Crippen molar-refractivity contribution in [2.45, 2.75) is 51.1 Å². The van der Waals surface area contributed by atoms with E-state index in [4.69, 9.17) is 5.11 Å². The van der Waals surface area contributed by atoms with E-state index in [2.05, 4.69) is 4.98 Å². The van der Waals surface area contributed by atoms with Crippen molar-refractivity contribution in [3.05, 3.63) is 51.3 Å². The van der Waals surface area contributed by atoms with E-state index in [9.17, 15) is 9.59 Å². The van der Waals surface area contributed by atoms with Gasteiger partial charge in [-0.3, -0.25) is 9.59 Å². The minimum atomic E-state index is -0.227. The fourth-order valence-corrected chi connectivity index (χ4v) is 3.99. The van der Waals surface area contributed by atoms with Gasteiger partial charge in [0.15, 0.2) is 0 Å². The molecule has 4 rings (SSSR count). The smallest absolute Gasteiger partial charge is 0.260 e. The minimum Gasteiger partial charge on any atom is -0.395 e. The highest BCUT2D eigenvalue weighted by Gasteiger charge is 2.17. The molecule has 6 heteroatoms. The van der Waals surface area contributed by atoms with Crippen LogP contribution in [0.1, 0.15) is 44.6 Å². The third-order valence-electron chi connectivity index (χ3n) is 5.40. The second kappa shape index (κ2) is 7.03. The van der Waals surface area contributed by atoms with Gasteiger partial charge >= 0.3 is 0 Å². The van der Waals surface area contributed by atoms with E-state index >= 15 is 0 Å². The number of fused-ring (bicyclic) bond motifs is 2. The zero-order valence-corrected chi connectivity index (χ0v) is 14.7. The molecule has 1 aliphatic carbocycles. The molecule has 0 spiro atoms. The number of hydrogen-bond acceptors (Lipinski definition) is 4. The quantitative estimate of drug-likeness (QED) is 0.580. The van der Waals surface area contributed by atoms with Crippen molar-refractivity contribution in [2.75, 3.05) is 6.61 Å². The van der Waals surface area contributed by atoms with Gasteiger partial charge in [-0.1, -0.05) is 25.7 Å². The Bertz CT molecular complexity index is 1060. The summed E-state index contributed by atoms with van der Waals surface area (Å²) in [6.45, 7) is 0.120. The van der Waals surface area contributed by atoms with Gasteiger partial charge < -0.3 is 14.2 Å². The van der Waals surface area contributed by atoms with Gasteiger partial charge in [0, 0.05) is 25.0 Å². The summed E-state index contributed by atoms with van der Waals surface area (Å²) in [7, 11) is 0. The molecule has 1 saturated carbocycles. The number of hydrogen-bond donors (Lipinski definition) is 1. The summed E-state index contributed by atoms with van der Waals surface area (Å²) in [5, 5.41) is 10.0. The van der Waals surface area contributed by atoms with Crippen molar-refractivity contribution in [2.24, 2.45) is 0 Å². The Morgan fingerprint density at radius 1 is 0.962 bits per heavy atom. The van der Waals surface area contributed by atoms with Crippen LogP contribution in [0.25, 0.3) is 21.8 Å². The van der Waals surface area contributed by atoms with Gasteiger partial charge in [0.2, 0.25) is 0 Å². The normalized spacial score (nSPS) is 16.2. The first-order valence-corrected chi connectivity index (χ1v) is 9.35. The number of rotatable bonds is 3. The van der Waals surface area contributed by atoms with Crippen LogP contribution in [0.15, 0.2) is 40.2 Å². The van der Waals surface area contributed by atoms with Crippen LogP contribution < -0.4 is 11.1 Å². The fraction of sp³-hybridized carbons (Fsp3) is 0.450. The number of nitrogens with zero attached hydrogens (tertiary/aromatic N) is 3. The first kappa shape index (κ1) is 17.0. The Labute approximate surface area is 150 Å². The van der Waals surface area contributed by atoms with Crippen LogP contribution in [-0.2, 0) is 6.54 Å². The number of aliphatic hydroxyl groups excluding tert-OH is 1. The second-order valence-corrected chi connectivity index (χ2v) is 7.07. The van der Waals surface area contributed by atoms with E-state index in [1.54, 1.807) is 18.3 Å². The Morgan fingerprint density at radius 2 is 1.62 bits per heavy atom. The zero-order valence-electron chi connectivity index (χ0n) is 14.7. The molecule has 3 aromatic heterocycles. The minimum absolute atomic E-state index is 0.0687. The Hall–Kier alpha value is -2.47. The second-order valence-electron chi connectivity index (χ2n) is 7.07. The monoisotopic (exact) mass is 353 g/mol. The third-order valence-corrected chi connectivity index (χ3v) is 5.40. The van der Waals surface area contributed by atoms with Crippen LogP contribution in [-0.4, -0.2) is 25.8 Å².